The SMILES string of the molecule is CC(C)CC(=O)NC(C(=O)NCC1CNCC1O)C(C)C. The molecule has 6 heteroatoms. The van der Waals surface area contributed by atoms with Crippen molar-refractivity contribution < 1.29 is 14.7 Å². The maximum absolute atomic E-state index is 12.2. The largest absolute Gasteiger partial charge is 0.391 e. The van der Waals surface area contributed by atoms with Gasteiger partial charge in [0.05, 0.1) is 6.10 Å². The third-order valence-electron chi connectivity index (χ3n) is 3.70. The van der Waals surface area contributed by atoms with Crippen LogP contribution >= 0.6 is 0 Å². The van der Waals surface area contributed by atoms with Gasteiger partial charge in [0.1, 0.15) is 6.04 Å². The molecule has 4 N–H and O–H groups in total. The number of hydrogen-bond acceptors (Lipinski definition) is 4. The van der Waals surface area contributed by atoms with E-state index in [1.165, 1.54) is 0 Å². The van der Waals surface area contributed by atoms with Gasteiger partial charge >= 0.3 is 0 Å². The number of carbonyl (C=O) groups is 2. The lowest BCUT2D eigenvalue weighted by Gasteiger charge is -2.23. The van der Waals surface area contributed by atoms with E-state index in [1.54, 1.807) is 0 Å². The Balaban J connectivity index is 2.47. The molecule has 122 valence electrons. The van der Waals surface area contributed by atoms with Crippen molar-refractivity contribution in [1.29, 1.82) is 0 Å². The van der Waals surface area contributed by atoms with Gasteiger partial charge in [-0.3, -0.25) is 9.59 Å². The highest BCUT2D eigenvalue weighted by Gasteiger charge is 2.28. The van der Waals surface area contributed by atoms with Gasteiger partial charge in [-0.25, -0.2) is 0 Å². The number of rotatable bonds is 7. The Morgan fingerprint density at radius 2 is 1.90 bits per heavy atom. The molecule has 0 radical (unpaired) electrons. The first kappa shape index (κ1) is 17.9. The van der Waals surface area contributed by atoms with Crippen LogP contribution in [0.4, 0.5) is 0 Å². The molecule has 0 spiro atoms. The predicted octanol–water partition coefficient (Wildman–Crippen LogP) is -0.130. The van der Waals surface area contributed by atoms with E-state index in [1.807, 2.05) is 27.7 Å². The molecule has 0 aromatic carbocycles. The summed E-state index contributed by atoms with van der Waals surface area (Å²) in [6.07, 6.45) is 0.000201. The smallest absolute Gasteiger partial charge is 0.242 e. The Bertz CT molecular complexity index is 358. The summed E-state index contributed by atoms with van der Waals surface area (Å²) in [4.78, 5) is 24.1. The second-order valence-corrected chi connectivity index (χ2v) is 6.62. The molecule has 0 aromatic rings. The summed E-state index contributed by atoms with van der Waals surface area (Å²) in [7, 11) is 0. The van der Waals surface area contributed by atoms with E-state index in [2.05, 4.69) is 16.0 Å². The quantitative estimate of drug-likeness (QED) is 0.527. The van der Waals surface area contributed by atoms with Crippen molar-refractivity contribution in [2.24, 2.45) is 17.8 Å². The summed E-state index contributed by atoms with van der Waals surface area (Å²) < 4.78 is 0. The first-order valence-corrected chi connectivity index (χ1v) is 7.77. The van der Waals surface area contributed by atoms with Crippen LogP contribution in [0.25, 0.3) is 0 Å². The number of β-amino-alcohol motifs (C(OH)–C–C–N with tert-alkyl or cyclic N) is 1. The fourth-order valence-corrected chi connectivity index (χ4v) is 2.41. The molecule has 0 aromatic heterocycles. The predicted molar refractivity (Wildman–Crippen MR) is 81.6 cm³/mol. The molecule has 1 rings (SSSR count). The van der Waals surface area contributed by atoms with Crippen LogP contribution in [-0.4, -0.2) is 48.7 Å². The zero-order valence-corrected chi connectivity index (χ0v) is 13.5. The summed E-state index contributed by atoms with van der Waals surface area (Å²) in [5.74, 6) is 0.0454. The highest BCUT2D eigenvalue weighted by molar-refractivity contribution is 5.87. The van der Waals surface area contributed by atoms with Crippen molar-refractivity contribution in [3.63, 3.8) is 0 Å². The molecule has 0 bridgehead atoms. The zero-order valence-electron chi connectivity index (χ0n) is 13.5. The number of hydrogen-bond donors (Lipinski definition) is 4. The fourth-order valence-electron chi connectivity index (χ4n) is 2.41. The van der Waals surface area contributed by atoms with Crippen LogP contribution in [0.1, 0.15) is 34.1 Å². The van der Waals surface area contributed by atoms with Gasteiger partial charge in [0.15, 0.2) is 0 Å². The minimum Gasteiger partial charge on any atom is -0.391 e. The summed E-state index contributed by atoms with van der Waals surface area (Å²) in [6.45, 7) is 9.46. The number of aliphatic hydroxyl groups excluding tert-OH is 1. The lowest BCUT2D eigenvalue weighted by molar-refractivity contribution is -0.130. The van der Waals surface area contributed by atoms with E-state index in [0.29, 0.717) is 26.1 Å². The molecule has 21 heavy (non-hydrogen) atoms. The van der Waals surface area contributed by atoms with E-state index in [0.717, 1.165) is 0 Å². The summed E-state index contributed by atoms with van der Waals surface area (Å²) >= 11 is 0. The maximum Gasteiger partial charge on any atom is 0.242 e. The molecule has 3 atom stereocenters. The van der Waals surface area contributed by atoms with Crippen molar-refractivity contribution in [3.8, 4) is 0 Å². The lowest BCUT2D eigenvalue weighted by atomic mass is 10.0. The number of amides is 2. The topological polar surface area (TPSA) is 90.5 Å². The van der Waals surface area contributed by atoms with E-state index in [-0.39, 0.29) is 29.6 Å². The number of aliphatic hydroxyl groups is 1. The van der Waals surface area contributed by atoms with E-state index in [4.69, 9.17) is 0 Å². The Morgan fingerprint density at radius 1 is 1.24 bits per heavy atom. The van der Waals surface area contributed by atoms with Crippen molar-refractivity contribution in [2.75, 3.05) is 19.6 Å². The van der Waals surface area contributed by atoms with Crippen LogP contribution in [0.2, 0.25) is 0 Å². The van der Waals surface area contributed by atoms with E-state index < -0.39 is 12.1 Å². The zero-order chi connectivity index (χ0) is 16.0. The summed E-state index contributed by atoms with van der Waals surface area (Å²) in [6, 6.07) is -0.525. The fraction of sp³-hybridized carbons (Fsp3) is 0.867. The normalized spacial score (nSPS) is 23.4. The second-order valence-electron chi connectivity index (χ2n) is 6.62. The molecule has 1 saturated heterocycles. The Hall–Kier alpha value is -1.14. The Labute approximate surface area is 127 Å². The lowest BCUT2D eigenvalue weighted by Crippen LogP contribution is -2.51. The molecule has 1 fully saturated rings. The van der Waals surface area contributed by atoms with Gasteiger partial charge in [-0.15, -0.1) is 0 Å². The number of nitrogens with one attached hydrogen (secondary N) is 3. The van der Waals surface area contributed by atoms with Crippen molar-refractivity contribution in [2.45, 2.75) is 46.3 Å². The summed E-state index contributed by atoms with van der Waals surface area (Å²) in [5, 5.41) is 18.4. The van der Waals surface area contributed by atoms with Crippen LogP contribution in [0.5, 0.6) is 0 Å². The van der Waals surface area contributed by atoms with Crippen LogP contribution in [0.3, 0.4) is 0 Å². The molecule has 1 heterocycles. The highest BCUT2D eigenvalue weighted by Crippen LogP contribution is 2.09. The van der Waals surface area contributed by atoms with Crippen LogP contribution < -0.4 is 16.0 Å². The molecular formula is C15H29N3O3. The molecule has 1 aliphatic rings. The molecule has 1 aliphatic heterocycles. The highest BCUT2D eigenvalue weighted by atomic mass is 16.3. The first-order valence-electron chi connectivity index (χ1n) is 7.77. The monoisotopic (exact) mass is 299 g/mol. The average Bonchev–Trinajstić information content (AvgIpc) is 2.77. The molecule has 3 unspecified atom stereocenters. The molecular weight excluding hydrogens is 270 g/mol. The van der Waals surface area contributed by atoms with E-state index in [9.17, 15) is 14.7 Å². The van der Waals surface area contributed by atoms with Gasteiger partial charge in [0.25, 0.3) is 0 Å². The Kier molecular flexibility index (Phi) is 7.11. The van der Waals surface area contributed by atoms with Gasteiger partial charge < -0.3 is 21.1 Å². The third-order valence-corrected chi connectivity index (χ3v) is 3.70. The minimum atomic E-state index is -0.525. The van der Waals surface area contributed by atoms with Gasteiger partial charge in [-0.05, 0) is 11.8 Å². The van der Waals surface area contributed by atoms with Crippen molar-refractivity contribution in [1.82, 2.24) is 16.0 Å². The maximum atomic E-state index is 12.2. The van der Waals surface area contributed by atoms with Crippen molar-refractivity contribution >= 4 is 11.8 Å². The van der Waals surface area contributed by atoms with Gasteiger partial charge in [0.2, 0.25) is 11.8 Å². The van der Waals surface area contributed by atoms with Crippen LogP contribution in [0, 0.1) is 17.8 Å². The van der Waals surface area contributed by atoms with Gasteiger partial charge in [-0.2, -0.15) is 0 Å². The van der Waals surface area contributed by atoms with Crippen LogP contribution in [-0.2, 0) is 9.59 Å². The molecule has 2 amide bonds. The van der Waals surface area contributed by atoms with Gasteiger partial charge in [-0.1, -0.05) is 27.7 Å². The van der Waals surface area contributed by atoms with Gasteiger partial charge in [0, 0.05) is 32.0 Å². The molecule has 0 aliphatic carbocycles. The molecule has 0 saturated carbocycles. The minimum absolute atomic E-state index is 0.0211. The van der Waals surface area contributed by atoms with Crippen molar-refractivity contribution in [3.05, 3.63) is 0 Å². The second kappa shape index (κ2) is 8.34. The molecule has 6 nitrogen and oxygen atoms in total. The third kappa shape index (κ3) is 6.01. The first-order chi connectivity index (χ1) is 9.81. The number of carbonyl (C=O) groups excluding carboxylic acids is 2. The Morgan fingerprint density at radius 3 is 2.38 bits per heavy atom. The standard InChI is InChI=1S/C15H29N3O3/c1-9(2)5-13(20)18-14(10(3)4)15(21)17-7-11-6-16-8-12(11)19/h9-12,14,16,19H,5-8H2,1-4H3,(H,17,21)(H,18,20). The summed E-state index contributed by atoms with van der Waals surface area (Å²) in [5.41, 5.74) is 0. The van der Waals surface area contributed by atoms with Crippen LogP contribution in [0.15, 0.2) is 0 Å². The average molecular weight is 299 g/mol. The van der Waals surface area contributed by atoms with E-state index >= 15 is 0 Å².